The monoisotopic (exact) mass is 296 g/mol. The van der Waals surface area contributed by atoms with E-state index in [0.29, 0.717) is 6.42 Å². The number of hydrogen-bond acceptors (Lipinski definition) is 4. The molecule has 22 heavy (non-hydrogen) atoms. The molecule has 2 heterocycles. The minimum absolute atomic E-state index is 0.0160. The SMILES string of the molecule is O=C(CCCn1cccc1)Nc1ccc(-n2cnnn2)cc1. The van der Waals surface area contributed by atoms with Crippen molar-refractivity contribution in [2.45, 2.75) is 19.4 Å². The second-order valence-electron chi connectivity index (χ2n) is 4.87. The first-order valence-corrected chi connectivity index (χ1v) is 7.05. The van der Waals surface area contributed by atoms with Gasteiger partial charge in [-0.1, -0.05) is 0 Å². The van der Waals surface area contributed by atoms with Gasteiger partial charge in [-0.2, -0.15) is 0 Å². The van der Waals surface area contributed by atoms with E-state index in [0.717, 1.165) is 24.3 Å². The lowest BCUT2D eigenvalue weighted by atomic mass is 10.2. The Morgan fingerprint density at radius 2 is 1.91 bits per heavy atom. The van der Waals surface area contributed by atoms with Crippen LogP contribution in [0.4, 0.5) is 5.69 Å². The number of hydrogen-bond donors (Lipinski definition) is 1. The summed E-state index contributed by atoms with van der Waals surface area (Å²) in [6.45, 7) is 0.846. The molecular weight excluding hydrogens is 280 g/mol. The van der Waals surface area contributed by atoms with Crippen molar-refractivity contribution in [3.63, 3.8) is 0 Å². The lowest BCUT2D eigenvalue weighted by Crippen LogP contribution is -2.12. The number of rotatable bonds is 6. The van der Waals surface area contributed by atoms with E-state index < -0.39 is 0 Å². The first kappa shape index (κ1) is 14.0. The van der Waals surface area contributed by atoms with Gasteiger partial charge < -0.3 is 9.88 Å². The fourth-order valence-corrected chi connectivity index (χ4v) is 2.14. The van der Waals surface area contributed by atoms with Gasteiger partial charge in [0.2, 0.25) is 5.91 Å². The Labute approximate surface area is 127 Å². The van der Waals surface area contributed by atoms with E-state index >= 15 is 0 Å². The molecule has 0 aliphatic rings. The molecule has 1 aromatic carbocycles. The fourth-order valence-electron chi connectivity index (χ4n) is 2.14. The highest BCUT2D eigenvalue weighted by atomic mass is 16.1. The van der Waals surface area contributed by atoms with Crippen molar-refractivity contribution in [3.8, 4) is 5.69 Å². The van der Waals surface area contributed by atoms with Crippen LogP contribution in [0, 0.1) is 0 Å². The lowest BCUT2D eigenvalue weighted by molar-refractivity contribution is -0.116. The van der Waals surface area contributed by atoms with E-state index in [1.54, 1.807) is 4.68 Å². The van der Waals surface area contributed by atoms with Gasteiger partial charge in [0, 0.05) is 31.0 Å². The van der Waals surface area contributed by atoms with Gasteiger partial charge in [-0.05, 0) is 53.2 Å². The summed E-state index contributed by atoms with van der Waals surface area (Å²) >= 11 is 0. The van der Waals surface area contributed by atoms with Crippen LogP contribution >= 0.6 is 0 Å². The first-order chi connectivity index (χ1) is 10.8. The Balaban J connectivity index is 1.49. The molecule has 1 amide bonds. The summed E-state index contributed by atoms with van der Waals surface area (Å²) in [5, 5.41) is 13.9. The average Bonchev–Trinajstić information content (AvgIpc) is 3.21. The minimum atomic E-state index is 0.0160. The molecule has 1 N–H and O–H groups in total. The van der Waals surface area contributed by atoms with Crippen LogP contribution in [0.25, 0.3) is 5.69 Å². The number of carbonyl (C=O) groups is 1. The molecule has 0 aliphatic heterocycles. The maximum Gasteiger partial charge on any atom is 0.224 e. The van der Waals surface area contributed by atoms with Crippen LogP contribution in [-0.2, 0) is 11.3 Å². The zero-order valence-corrected chi connectivity index (χ0v) is 12.0. The van der Waals surface area contributed by atoms with Crippen molar-refractivity contribution in [1.29, 1.82) is 0 Å². The Hall–Kier alpha value is -2.96. The normalized spacial score (nSPS) is 10.5. The van der Waals surface area contributed by atoms with Crippen molar-refractivity contribution in [3.05, 3.63) is 55.1 Å². The van der Waals surface area contributed by atoms with E-state index in [9.17, 15) is 4.79 Å². The molecule has 0 atom stereocenters. The van der Waals surface area contributed by atoms with E-state index in [-0.39, 0.29) is 5.91 Å². The Morgan fingerprint density at radius 3 is 2.59 bits per heavy atom. The van der Waals surface area contributed by atoms with Crippen LogP contribution in [-0.4, -0.2) is 30.7 Å². The van der Waals surface area contributed by atoms with Gasteiger partial charge >= 0.3 is 0 Å². The summed E-state index contributed by atoms with van der Waals surface area (Å²) < 4.78 is 3.62. The zero-order valence-electron chi connectivity index (χ0n) is 12.0. The van der Waals surface area contributed by atoms with Crippen molar-refractivity contribution < 1.29 is 4.79 Å². The number of nitrogens with zero attached hydrogens (tertiary/aromatic N) is 5. The summed E-state index contributed by atoms with van der Waals surface area (Å²) in [7, 11) is 0. The molecule has 0 unspecified atom stereocenters. The Bertz CT molecular complexity index is 703. The number of anilines is 1. The molecule has 7 heteroatoms. The predicted molar refractivity (Wildman–Crippen MR) is 81.4 cm³/mol. The predicted octanol–water partition coefficient (Wildman–Crippen LogP) is 1.88. The van der Waals surface area contributed by atoms with Crippen LogP contribution in [0.3, 0.4) is 0 Å². The third-order valence-electron chi connectivity index (χ3n) is 3.25. The molecular formula is C15H16N6O. The Kier molecular flexibility index (Phi) is 4.24. The average molecular weight is 296 g/mol. The highest BCUT2D eigenvalue weighted by Crippen LogP contribution is 2.12. The van der Waals surface area contributed by atoms with Gasteiger partial charge in [0.25, 0.3) is 0 Å². The quantitative estimate of drug-likeness (QED) is 0.753. The number of aryl methyl sites for hydroxylation is 1. The number of amides is 1. The van der Waals surface area contributed by atoms with Crippen LogP contribution in [0.1, 0.15) is 12.8 Å². The molecule has 0 aliphatic carbocycles. The molecule has 0 saturated carbocycles. The molecule has 0 fully saturated rings. The smallest absolute Gasteiger partial charge is 0.224 e. The molecule has 2 aromatic heterocycles. The molecule has 0 saturated heterocycles. The molecule has 3 rings (SSSR count). The number of nitrogens with one attached hydrogen (secondary N) is 1. The largest absolute Gasteiger partial charge is 0.354 e. The van der Waals surface area contributed by atoms with Crippen LogP contribution < -0.4 is 5.32 Å². The number of carbonyl (C=O) groups excluding carboxylic acids is 1. The van der Waals surface area contributed by atoms with Gasteiger partial charge in [-0.15, -0.1) is 5.10 Å². The van der Waals surface area contributed by atoms with Crippen molar-refractivity contribution in [1.82, 2.24) is 24.8 Å². The molecule has 112 valence electrons. The number of aromatic nitrogens is 5. The number of benzene rings is 1. The lowest BCUT2D eigenvalue weighted by Gasteiger charge is -2.07. The summed E-state index contributed by atoms with van der Waals surface area (Å²) in [4.78, 5) is 11.9. The van der Waals surface area contributed by atoms with Gasteiger partial charge in [0.05, 0.1) is 5.69 Å². The molecule has 7 nitrogen and oxygen atoms in total. The maximum atomic E-state index is 11.9. The molecule has 0 bridgehead atoms. The summed E-state index contributed by atoms with van der Waals surface area (Å²) in [6, 6.07) is 11.3. The van der Waals surface area contributed by atoms with Gasteiger partial charge in [0.15, 0.2) is 0 Å². The Morgan fingerprint density at radius 1 is 1.14 bits per heavy atom. The highest BCUT2D eigenvalue weighted by Gasteiger charge is 2.03. The third-order valence-corrected chi connectivity index (χ3v) is 3.25. The fraction of sp³-hybridized carbons (Fsp3) is 0.200. The minimum Gasteiger partial charge on any atom is -0.354 e. The van der Waals surface area contributed by atoms with Crippen molar-refractivity contribution in [2.24, 2.45) is 0 Å². The van der Waals surface area contributed by atoms with E-state index in [1.807, 2.05) is 48.8 Å². The van der Waals surface area contributed by atoms with Crippen LogP contribution in [0.15, 0.2) is 55.1 Å². The highest BCUT2D eigenvalue weighted by molar-refractivity contribution is 5.90. The van der Waals surface area contributed by atoms with Crippen LogP contribution in [0.2, 0.25) is 0 Å². The van der Waals surface area contributed by atoms with Crippen LogP contribution in [0.5, 0.6) is 0 Å². The van der Waals surface area contributed by atoms with Crippen molar-refractivity contribution >= 4 is 11.6 Å². The van der Waals surface area contributed by atoms with Gasteiger partial charge in [-0.3, -0.25) is 4.79 Å². The zero-order chi connectivity index (χ0) is 15.2. The third kappa shape index (κ3) is 3.57. The molecule has 0 radical (unpaired) electrons. The van der Waals surface area contributed by atoms with Gasteiger partial charge in [-0.25, -0.2) is 4.68 Å². The number of tetrazole rings is 1. The summed E-state index contributed by atoms with van der Waals surface area (Å²) in [5.41, 5.74) is 1.61. The van der Waals surface area contributed by atoms with Gasteiger partial charge in [0.1, 0.15) is 6.33 Å². The van der Waals surface area contributed by atoms with E-state index in [1.165, 1.54) is 6.33 Å². The second-order valence-corrected chi connectivity index (χ2v) is 4.87. The van der Waals surface area contributed by atoms with Crippen molar-refractivity contribution in [2.75, 3.05) is 5.32 Å². The molecule has 0 spiro atoms. The molecule has 3 aromatic rings. The van der Waals surface area contributed by atoms with E-state index in [2.05, 4.69) is 25.4 Å². The summed E-state index contributed by atoms with van der Waals surface area (Å²) in [5.74, 6) is 0.0160. The first-order valence-electron chi connectivity index (χ1n) is 7.05. The second kappa shape index (κ2) is 6.66. The van der Waals surface area contributed by atoms with E-state index in [4.69, 9.17) is 0 Å². The maximum absolute atomic E-state index is 11.9. The topological polar surface area (TPSA) is 77.6 Å². The summed E-state index contributed by atoms with van der Waals surface area (Å²) in [6.07, 6.45) is 6.82. The standard InChI is InChI=1S/C15H16N6O/c22-15(4-3-11-20-9-1-2-10-20)17-13-5-7-14(8-6-13)21-12-16-18-19-21/h1-2,5-10,12H,3-4,11H2,(H,17,22).